The number of aryl methyl sites for hydroxylation is 2. The van der Waals surface area contributed by atoms with Gasteiger partial charge in [0.05, 0.1) is 5.75 Å². The fourth-order valence-electron chi connectivity index (χ4n) is 3.58. The van der Waals surface area contributed by atoms with Crippen LogP contribution in [0, 0.1) is 13.0 Å². The fourth-order valence-corrected chi connectivity index (χ4v) is 4.87. The highest BCUT2D eigenvalue weighted by atomic mass is 32.2. The van der Waals surface area contributed by atoms with E-state index in [9.17, 15) is 12.8 Å². The second kappa shape index (κ2) is 7.31. The molecule has 3 N–H and O–H groups in total. The van der Waals surface area contributed by atoms with Crippen molar-refractivity contribution in [3.63, 3.8) is 0 Å². The first-order chi connectivity index (χ1) is 14.8. The lowest BCUT2D eigenvalue weighted by atomic mass is 10.0. The Morgan fingerprint density at radius 1 is 1.23 bits per heavy atom. The molecule has 0 spiro atoms. The largest absolute Gasteiger partial charge is 0.454 e. The minimum Gasteiger partial charge on any atom is -0.454 e. The number of sulfonamides is 1. The lowest BCUT2D eigenvalue weighted by Crippen LogP contribution is -2.30. The Hall–Kier alpha value is -2.99. The molecule has 1 aliphatic heterocycles. The highest BCUT2D eigenvalue weighted by molar-refractivity contribution is 7.89. The van der Waals surface area contributed by atoms with Gasteiger partial charge in [-0.1, -0.05) is 0 Å². The first-order valence-corrected chi connectivity index (χ1v) is 11.5. The molecule has 31 heavy (non-hydrogen) atoms. The number of halogens is 1. The third-order valence-electron chi connectivity index (χ3n) is 5.36. The van der Waals surface area contributed by atoms with Crippen LogP contribution in [0.15, 0.2) is 12.1 Å². The molecule has 1 fully saturated rings. The summed E-state index contributed by atoms with van der Waals surface area (Å²) < 4.78 is 53.8. The first kappa shape index (κ1) is 19.9. The average molecular weight is 448 g/mol. The van der Waals surface area contributed by atoms with Crippen LogP contribution >= 0.6 is 0 Å². The Morgan fingerprint density at radius 2 is 1.97 bits per heavy atom. The number of hydrogen-bond donors (Lipinski definition) is 2. The van der Waals surface area contributed by atoms with Crippen LogP contribution in [0.2, 0.25) is 0 Å². The first-order valence-electron chi connectivity index (χ1n) is 9.86. The third kappa shape index (κ3) is 4.00. The van der Waals surface area contributed by atoms with Gasteiger partial charge in [0, 0.05) is 19.0 Å². The number of rotatable bonds is 7. The van der Waals surface area contributed by atoms with Crippen molar-refractivity contribution in [1.29, 1.82) is 0 Å². The standard InChI is InChI=1S/C19H21FN6O4S/c1-10-6-13-14(30-9-29-13)7-11(10)8-15-22-16-17(21)23-19(20)24-18(16)26(15)4-5-31(27,28)25-12-2-3-12/h6-7,12,25H,2-5,8-9H2,1H3,(H2,21,23,24). The summed E-state index contributed by atoms with van der Waals surface area (Å²) in [5, 5.41) is 0. The van der Waals surface area contributed by atoms with Crippen molar-refractivity contribution in [2.24, 2.45) is 0 Å². The summed E-state index contributed by atoms with van der Waals surface area (Å²) in [6.07, 6.45) is 1.04. The minimum atomic E-state index is -3.49. The molecule has 2 aliphatic rings. The topological polar surface area (TPSA) is 134 Å². The predicted octanol–water partition coefficient (Wildman–Crippen LogP) is 1.26. The quantitative estimate of drug-likeness (QED) is 0.516. The van der Waals surface area contributed by atoms with E-state index in [0.29, 0.717) is 23.7 Å². The van der Waals surface area contributed by atoms with Crippen LogP contribution in [0.3, 0.4) is 0 Å². The zero-order valence-electron chi connectivity index (χ0n) is 16.8. The third-order valence-corrected chi connectivity index (χ3v) is 6.77. The van der Waals surface area contributed by atoms with Crippen LogP contribution in [0.4, 0.5) is 10.2 Å². The Bertz CT molecular complexity index is 1290. The Kier molecular flexibility index (Phi) is 4.70. The Labute approximate surface area is 177 Å². The van der Waals surface area contributed by atoms with E-state index in [1.165, 1.54) is 0 Å². The molecule has 0 atom stereocenters. The minimum absolute atomic E-state index is 0.00991. The van der Waals surface area contributed by atoms with Gasteiger partial charge in [0.25, 0.3) is 0 Å². The summed E-state index contributed by atoms with van der Waals surface area (Å²) >= 11 is 0. The Morgan fingerprint density at radius 3 is 2.71 bits per heavy atom. The second-order valence-corrected chi connectivity index (χ2v) is 9.62. The van der Waals surface area contributed by atoms with Crippen molar-refractivity contribution in [2.75, 3.05) is 18.3 Å². The molecule has 164 valence electrons. The second-order valence-electron chi connectivity index (χ2n) is 7.75. The zero-order valence-corrected chi connectivity index (χ0v) is 17.6. The van der Waals surface area contributed by atoms with Crippen molar-refractivity contribution in [3.05, 3.63) is 35.2 Å². The number of nitrogens with one attached hydrogen (secondary N) is 1. The van der Waals surface area contributed by atoms with Crippen LogP contribution in [0.5, 0.6) is 11.5 Å². The van der Waals surface area contributed by atoms with Gasteiger partial charge in [-0.3, -0.25) is 0 Å². The van der Waals surface area contributed by atoms with Gasteiger partial charge in [0.2, 0.25) is 16.8 Å². The molecule has 1 aromatic carbocycles. The molecule has 0 amide bonds. The van der Waals surface area contributed by atoms with E-state index < -0.39 is 16.1 Å². The smallest absolute Gasteiger partial charge is 0.312 e. The molecular weight excluding hydrogens is 427 g/mol. The number of ether oxygens (including phenoxy) is 2. The van der Waals surface area contributed by atoms with Crippen molar-refractivity contribution in [3.8, 4) is 11.5 Å². The molecule has 2 aromatic heterocycles. The number of nitrogens with zero attached hydrogens (tertiary/aromatic N) is 4. The molecule has 0 radical (unpaired) electrons. The summed E-state index contributed by atoms with van der Waals surface area (Å²) in [4.78, 5) is 11.9. The number of nitrogen functional groups attached to an aromatic ring is 1. The maximum atomic E-state index is 13.9. The summed E-state index contributed by atoms with van der Waals surface area (Å²) in [5.74, 6) is 1.52. The molecule has 1 saturated carbocycles. The summed E-state index contributed by atoms with van der Waals surface area (Å²) in [6, 6.07) is 3.75. The number of nitrogens with two attached hydrogens (primary N) is 1. The van der Waals surface area contributed by atoms with Crippen molar-refractivity contribution < 1.29 is 22.3 Å². The maximum Gasteiger partial charge on any atom is 0.312 e. The molecule has 1 aliphatic carbocycles. The number of anilines is 1. The monoisotopic (exact) mass is 448 g/mol. The lowest BCUT2D eigenvalue weighted by Gasteiger charge is -2.12. The molecule has 0 bridgehead atoms. The number of hydrogen-bond acceptors (Lipinski definition) is 8. The van der Waals surface area contributed by atoms with Crippen LogP contribution in [0.25, 0.3) is 11.2 Å². The molecule has 10 nitrogen and oxygen atoms in total. The highest BCUT2D eigenvalue weighted by Gasteiger charge is 2.27. The van der Waals surface area contributed by atoms with Crippen LogP contribution in [-0.2, 0) is 23.0 Å². The Balaban J connectivity index is 1.52. The van der Waals surface area contributed by atoms with Gasteiger partial charge in [0.15, 0.2) is 28.5 Å². The lowest BCUT2D eigenvalue weighted by molar-refractivity contribution is 0.174. The summed E-state index contributed by atoms with van der Waals surface area (Å²) in [7, 11) is -3.49. The molecule has 0 unspecified atom stereocenters. The van der Waals surface area contributed by atoms with Gasteiger partial charge in [-0.2, -0.15) is 14.4 Å². The molecular formula is C19H21FN6O4S. The number of fused-ring (bicyclic) bond motifs is 2. The molecule has 0 saturated heterocycles. The number of imidazole rings is 1. The van der Waals surface area contributed by atoms with E-state index in [0.717, 1.165) is 24.0 Å². The van der Waals surface area contributed by atoms with Gasteiger partial charge in [-0.15, -0.1) is 0 Å². The molecule has 12 heteroatoms. The van der Waals surface area contributed by atoms with E-state index in [-0.39, 0.29) is 42.1 Å². The van der Waals surface area contributed by atoms with E-state index in [1.807, 2.05) is 19.1 Å². The molecule has 3 heterocycles. The zero-order chi connectivity index (χ0) is 21.8. The normalized spacial score (nSPS) is 15.7. The van der Waals surface area contributed by atoms with Crippen molar-refractivity contribution >= 4 is 27.0 Å². The van der Waals surface area contributed by atoms with Gasteiger partial charge < -0.3 is 19.8 Å². The SMILES string of the molecule is Cc1cc2c(cc1Cc1nc3c(N)nc(F)nc3n1CCS(=O)(=O)NC1CC1)OCO2. The van der Waals surface area contributed by atoms with Gasteiger partial charge >= 0.3 is 6.08 Å². The van der Waals surface area contributed by atoms with Crippen LogP contribution in [-0.4, -0.2) is 46.5 Å². The highest BCUT2D eigenvalue weighted by Crippen LogP contribution is 2.35. The van der Waals surface area contributed by atoms with E-state index >= 15 is 0 Å². The van der Waals surface area contributed by atoms with Gasteiger partial charge in [-0.05, 0) is 43.0 Å². The predicted molar refractivity (Wildman–Crippen MR) is 110 cm³/mol. The molecule has 3 aromatic rings. The van der Waals surface area contributed by atoms with Crippen LogP contribution in [0.1, 0.15) is 29.8 Å². The van der Waals surface area contributed by atoms with Gasteiger partial charge in [0.1, 0.15) is 5.82 Å². The summed E-state index contributed by atoms with van der Waals surface area (Å²) in [5.41, 5.74) is 8.13. The van der Waals surface area contributed by atoms with Crippen LogP contribution < -0.4 is 19.9 Å². The number of aromatic nitrogens is 4. The van der Waals surface area contributed by atoms with E-state index in [4.69, 9.17) is 15.2 Å². The van der Waals surface area contributed by atoms with E-state index in [1.54, 1.807) is 4.57 Å². The number of benzene rings is 1. The molecule has 5 rings (SSSR count). The maximum absolute atomic E-state index is 13.9. The fraction of sp³-hybridized carbons (Fsp3) is 0.421. The van der Waals surface area contributed by atoms with E-state index in [2.05, 4.69) is 19.7 Å². The van der Waals surface area contributed by atoms with Crippen molar-refractivity contribution in [1.82, 2.24) is 24.2 Å². The average Bonchev–Trinajstić information content (AvgIpc) is 3.25. The van der Waals surface area contributed by atoms with Crippen molar-refractivity contribution in [2.45, 2.75) is 38.8 Å². The summed E-state index contributed by atoms with van der Waals surface area (Å²) in [6.45, 7) is 2.14. The van der Waals surface area contributed by atoms with Gasteiger partial charge in [-0.25, -0.2) is 18.1 Å².